The molecule has 7 heteroatoms. The Kier molecular flexibility index (Phi) is 4.64. The van der Waals surface area contributed by atoms with Crippen LogP contribution in [-0.2, 0) is 22.6 Å². The lowest BCUT2D eigenvalue weighted by Crippen LogP contribution is -2.50. The topological polar surface area (TPSA) is 37.4 Å². The lowest BCUT2D eigenvalue weighted by atomic mass is 9.91. The van der Waals surface area contributed by atoms with Crippen molar-refractivity contribution >= 4 is 10.0 Å². The number of hydrogen-bond donors (Lipinski definition) is 0. The first-order chi connectivity index (χ1) is 11.7. The zero-order chi connectivity index (χ0) is 18.2. The van der Waals surface area contributed by atoms with Gasteiger partial charge in [0, 0.05) is 13.1 Å². The van der Waals surface area contributed by atoms with Crippen LogP contribution in [0.25, 0.3) is 0 Å². The second-order valence-corrected chi connectivity index (χ2v) is 8.30. The summed E-state index contributed by atoms with van der Waals surface area (Å²) in [6.45, 7) is 2.35. The normalized spacial score (nSPS) is 16.6. The van der Waals surface area contributed by atoms with Gasteiger partial charge in [-0.15, -0.1) is 0 Å². The second kappa shape index (κ2) is 6.46. The molecular formula is C18H18F3NO2S. The summed E-state index contributed by atoms with van der Waals surface area (Å²) in [6.07, 6.45) is -4.18. The van der Waals surface area contributed by atoms with E-state index in [1.54, 1.807) is 30.3 Å². The standard InChI is InChI=1S/C18H18F3NO2S/c1-13-6-8-16(9-7-13)25(23,24)22-11-14(12-22)10-15-4-2-3-5-17(15)18(19,20)21/h2-9,14H,10-12H2,1H3. The predicted octanol–water partition coefficient (Wildman–Crippen LogP) is 3.88. The van der Waals surface area contributed by atoms with E-state index in [0.29, 0.717) is 0 Å². The zero-order valence-corrected chi connectivity index (χ0v) is 14.4. The van der Waals surface area contributed by atoms with Gasteiger partial charge in [0.1, 0.15) is 0 Å². The van der Waals surface area contributed by atoms with Crippen LogP contribution in [0, 0.1) is 12.8 Å². The van der Waals surface area contributed by atoms with E-state index in [0.717, 1.165) is 11.6 Å². The van der Waals surface area contributed by atoms with E-state index in [4.69, 9.17) is 0 Å². The van der Waals surface area contributed by atoms with Crippen molar-refractivity contribution in [3.05, 3.63) is 65.2 Å². The molecule has 3 nitrogen and oxygen atoms in total. The van der Waals surface area contributed by atoms with E-state index in [1.165, 1.54) is 16.4 Å². The van der Waals surface area contributed by atoms with Crippen LogP contribution >= 0.6 is 0 Å². The highest BCUT2D eigenvalue weighted by molar-refractivity contribution is 7.89. The van der Waals surface area contributed by atoms with E-state index in [1.807, 2.05) is 6.92 Å². The van der Waals surface area contributed by atoms with Crippen molar-refractivity contribution in [1.82, 2.24) is 4.31 Å². The molecule has 1 aliphatic heterocycles. The molecule has 0 saturated carbocycles. The van der Waals surface area contributed by atoms with Crippen molar-refractivity contribution in [2.45, 2.75) is 24.4 Å². The van der Waals surface area contributed by atoms with Crippen LogP contribution in [0.3, 0.4) is 0 Å². The Morgan fingerprint density at radius 1 is 1.04 bits per heavy atom. The molecule has 0 atom stereocenters. The molecule has 3 rings (SSSR count). The minimum atomic E-state index is -4.39. The molecule has 2 aromatic carbocycles. The van der Waals surface area contributed by atoms with Crippen molar-refractivity contribution in [1.29, 1.82) is 0 Å². The molecular weight excluding hydrogens is 351 g/mol. The molecule has 0 aliphatic carbocycles. The fourth-order valence-electron chi connectivity index (χ4n) is 2.99. The average molecular weight is 369 g/mol. The smallest absolute Gasteiger partial charge is 0.207 e. The number of alkyl halides is 3. The van der Waals surface area contributed by atoms with Gasteiger partial charge in [-0.25, -0.2) is 8.42 Å². The summed E-state index contributed by atoms with van der Waals surface area (Å²) < 4.78 is 65.4. The molecule has 0 unspecified atom stereocenters. The van der Waals surface area contributed by atoms with Crippen LogP contribution in [-0.4, -0.2) is 25.8 Å². The molecule has 134 valence electrons. The average Bonchev–Trinajstić information content (AvgIpc) is 2.50. The lowest BCUT2D eigenvalue weighted by molar-refractivity contribution is -0.138. The van der Waals surface area contributed by atoms with E-state index >= 15 is 0 Å². The predicted molar refractivity (Wildman–Crippen MR) is 88.6 cm³/mol. The van der Waals surface area contributed by atoms with Gasteiger partial charge in [0.25, 0.3) is 0 Å². The zero-order valence-electron chi connectivity index (χ0n) is 13.6. The number of aryl methyl sites for hydroxylation is 1. The molecule has 0 bridgehead atoms. The summed E-state index contributed by atoms with van der Waals surface area (Å²) in [5.41, 5.74) is 0.534. The lowest BCUT2D eigenvalue weighted by Gasteiger charge is -2.38. The van der Waals surface area contributed by atoms with Crippen molar-refractivity contribution in [2.75, 3.05) is 13.1 Å². The summed E-state index contributed by atoms with van der Waals surface area (Å²) >= 11 is 0. The molecule has 0 N–H and O–H groups in total. The molecule has 2 aromatic rings. The van der Waals surface area contributed by atoms with Crippen LogP contribution in [0.2, 0.25) is 0 Å². The Balaban J connectivity index is 1.69. The number of rotatable bonds is 4. The third-order valence-corrected chi connectivity index (χ3v) is 6.26. The second-order valence-electron chi connectivity index (χ2n) is 6.36. The van der Waals surface area contributed by atoms with Crippen LogP contribution in [0.5, 0.6) is 0 Å². The van der Waals surface area contributed by atoms with Gasteiger partial charge in [0.05, 0.1) is 10.5 Å². The maximum atomic E-state index is 13.0. The van der Waals surface area contributed by atoms with Gasteiger partial charge in [-0.1, -0.05) is 35.9 Å². The Morgan fingerprint density at radius 3 is 2.24 bits per heavy atom. The molecule has 1 fully saturated rings. The van der Waals surface area contributed by atoms with Crippen LogP contribution in [0.4, 0.5) is 13.2 Å². The minimum absolute atomic E-state index is 0.108. The van der Waals surface area contributed by atoms with Gasteiger partial charge in [0.2, 0.25) is 10.0 Å². The van der Waals surface area contributed by atoms with Crippen LogP contribution in [0.1, 0.15) is 16.7 Å². The maximum Gasteiger partial charge on any atom is 0.416 e. The molecule has 1 saturated heterocycles. The largest absolute Gasteiger partial charge is 0.416 e. The highest BCUT2D eigenvalue weighted by Gasteiger charge is 2.39. The molecule has 0 amide bonds. The van der Waals surface area contributed by atoms with Gasteiger partial charge in [0.15, 0.2) is 0 Å². The highest BCUT2D eigenvalue weighted by atomic mass is 32.2. The number of nitrogens with zero attached hydrogens (tertiary/aromatic N) is 1. The van der Waals surface area contributed by atoms with Crippen molar-refractivity contribution in [3.8, 4) is 0 Å². The monoisotopic (exact) mass is 369 g/mol. The SMILES string of the molecule is Cc1ccc(S(=O)(=O)N2CC(Cc3ccccc3C(F)(F)F)C2)cc1. The quantitative estimate of drug-likeness (QED) is 0.820. The number of benzene rings is 2. The Bertz CT molecular complexity index is 855. The van der Waals surface area contributed by atoms with Gasteiger partial charge < -0.3 is 0 Å². The molecule has 1 aliphatic rings. The van der Waals surface area contributed by atoms with Crippen molar-refractivity contribution < 1.29 is 21.6 Å². The Morgan fingerprint density at radius 2 is 1.64 bits per heavy atom. The fraction of sp³-hybridized carbons (Fsp3) is 0.333. The number of hydrogen-bond acceptors (Lipinski definition) is 2. The van der Waals surface area contributed by atoms with Gasteiger partial charge in [-0.05, 0) is 43.0 Å². The summed E-state index contributed by atoms with van der Waals surface area (Å²) in [4.78, 5) is 0.215. The van der Waals surface area contributed by atoms with Gasteiger partial charge in [-0.2, -0.15) is 17.5 Å². The molecule has 25 heavy (non-hydrogen) atoms. The molecule has 0 radical (unpaired) electrons. The fourth-order valence-corrected chi connectivity index (χ4v) is 4.59. The van der Waals surface area contributed by atoms with Gasteiger partial charge in [-0.3, -0.25) is 0 Å². The minimum Gasteiger partial charge on any atom is -0.207 e. The Hall–Kier alpha value is -1.86. The summed E-state index contributed by atoms with van der Waals surface area (Å²) in [6, 6.07) is 12.0. The van der Waals surface area contributed by atoms with Crippen LogP contribution < -0.4 is 0 Å². The maximum absolute atomic E-state index is 13.0. The van der Waals surface area contributed by atoms with E-state index < -0.39 is 21.8 Å². The van der Waals surface area contributed by atoms with Gasteiger partial charge >= 0.3 is 6.18 Å². The first-order valence-electron chi connectivity index (χ1n) is 7.90. The number of sulfonamides is 1. The third-order valence-electron chi connectivity index (χ3n) is 4.41. The Labute approximate surface area is 145 Å². The summed E-state index contributed by atoms with van der Waals surface area (Å²) in [7, 11) is -3.57. The highest BCUT2D eigenvalue weighted by Crippen LogP contribution is 2.35. The molecule has 0 aromatic heterocycles. The summed E-state index contributed by atoms with van der Waals surface area (Å²) in [5, 5.41) is 0. The first-order valence-corrected chi connectivity index (χ1v) is 9.34. The van der Waals surface area contributed by atoms with Crippen molar-refractivity contribution in [2.24, 2.45) is 5.92 Å². The summed E-state index contributed by atoms with van der Waals surface area (Å²) in [5.74, 6) is -0.108. The van der Waals surface area contributed by atoms with E-state index in [-0.39, 0.29) is 35.9 Å². The number of halogens is 3. The van der Waals surface area contributed by atoms with Crippen LogP contribution in [0.15, 0.2) is 53.4 Å². The molecule has 0 spiro atoms. The first kappa shape index (κ1) is 17.9. The van der Waals surface area contributed by atoms with E-state index in [2.05, 4.69) is 0 Å². The van der Waals surface area contributed by atoms with Crippen molar-refractivity contribution in [3.63, 3.8) is 0 Å². The van der Waals surface area contributed by atoms with E-state index in [9.17, 15) is 21.6 Å². The molecule has 1 heterocycles. The third kappa shape index (κ3) is 3.72.